The zero-order valence-electron chi connectivity index (χ0n) is 16.9. The van der Waals surface area contributed by atoms with Crippen LogP contribution in [0.5, 0.6) is 0 Å². The molecular formula is C22H20F2N4O3. The van der Waals surface area contributed by atoms with Gasteiger partial charge in [0.15, 0.2) is 23.4 Å². The number of benzene rings is 1. The van der Waals surface area contributed by atoms with E-state index in [1.54, 1.807) is 6.20 Å². The maximum absolute atomic E-state index is 14.1. The van der Waals surface area contributed by atoms with Crippen LogP contribution in [0.4, 0.5) is 8.78 Å². The van der Waals surface area contributed by atoms with Gasteiger partial charge in [-0.05, 0) is 30.5 Å². The van der Waals surface area contributed by atoms with E-state index in [0.717, 1.165) is 34.3 Å². The van der Waals surface area contributed by atoms with Crippen molar-refractivity contribution in [2.75, 3.05) is 6.61 Å². The quantitative estimate of drug-likeness (QED) is 0.509. The van der Waals surface area contributed by atoms with Gasteiger partial charge in [0.1, 0.15) is 0 Å². The molecule has 4 heterocycles. The average molecular weight is 426 g/mol. The third-order valence-corrected chi connectivity index (χ3v) is 5.81. The van der Waals surface area contributed by atoms with Crippen molar-refractivity contribution in [1.29, 1.82) is 0 Å². The van der Waals surface area contributed by atoms with Gasteiger partial charge in [0.05, 0.1) is 23.8 Å². The van der Waals surface area contributed by atoms with Crippen LogP contribution in [0.15, 0.2) is 30.5 Å². The predicted molar refractivity (Wildman–Crippen MR) is 109 cm³/mol. The van der Waals surface area contributed by atoms with E-state index in [0.29, 0.717) is 23.3 Å². The molecule has 1 saturated heterocycles. The van der Waals surface area contributed by atoms with Gasteiger partial charge < -0.3 is 14.4 Å². The van der Waals surface area contributed by atoms with E-state index < -0.39 is 23.7 Å². The lowest BCUT2D eigenvalue weighted by molar-refractivity contribution is -0.147. The number of aliphatic carboxylic acids is 1. The molecule has 2 N–H and O–H groups in total. The number of hydrogen-bond acceptors (Lipinski definition) is 4. The first-order valence-electron chi connectivity index (χ1n) is 10.0. The number of hydrogen-bond donors (Lipinski definition) is 2. The molecule has 0 amide bonds. The van der Waals surface area contributed by atoms with Gasteiger partial charge in [-0.3, -0.25) is 5.10 Å². The van der Waals surface area contributed by atoms with Crippen molar-refractivity contribution < 1.29 is 23.4 Å². The molecule has 9 heteroatoms. The fourth-order valence-corrected chi connectivity index (χ4v) is 4.48. The fourth-order valence-electron chi connectivity index (χ4n) is 4.48. The Balaban J connectivity index is 1.83. The Morgan fingerprint density at radius 1 is 1.29 bits per heavy atom. The standard InChI is InChI=1S/C22H20F2N4O3/c1-10(2)20-18(12-6-17(22(29)30)31-9-12)19-16(5-11-8-25-27-21(11)26-19)28(20)13-3-4-14(23)15(24)7-13/h3-5,7-8,10,12,17H,6,9H2,1-2H3,(H,29,30)(H,25,26,27)/t12-,17+/m1/s1. The molecule has 0 aliphatic carbocycles. The highest BCUT2D eigenvalue weighted by Gasteiger charge is 2.36. The summed E-state index contributed by atoms with van der Waals surface area (Å²) in [5, 5.41) is 17.1. The van der Waals surface area contributed by atoms with Crippen molar-refractivity contribution in [3.8, 4) is 5.69 Å². The van der Waals surface area contributed by atoms with Gasteiger partial charge >= 0.3 is 5.97 Å². The van der Waals surface area contributed by atoms with Crippen LogP contribution in [0.2, 0.25) is 0 Å². The molecule has 3 aromatic heterocycles. The van der Waals surface area contributed by atoms with Gasteiger partial charge in [-0.2, -0.15) is 5.10 Å². The summed E-state index contributed by atoms with van der Waals surface area (Å²) in [6, 6.07) is 5.69. The Labute approximate surface area is 175 Å². The van der Waals surface area contributed by atoms with Crippen molar-refractivity contribution in [3.63, 3.8) is 0 Å². The number of fused-ring (bicyclic) bond motifs is 2. The number of rotatable bonds is 4. The predicted octanol–water partition coefficient (Wildman–Crippen LogP) is 4.26. The molecule has 1 fully saturated rings. The number of aromatic nitrogens is 4. The SMILES string of the molecule is CC(C)c1c([C@H]2CO[C@H](C(=O)O)C2)c2nc3[nH]ncc3cc2n1-c1ccc(F)c(F)c1. The van der Waals surface area contributed by atoms with Crippen molar-refractivity contribution in [2.45, 2.75) is 38.2 Å². The molecule has 160 valence electrons. The number of carbonyl (C=O) groups is 1. The molecule has 0 bridgehead atoms. The lowest BCUT2D eigenvalue weighted by Gasteiger charge is -2.17. The van der Waals surface area contributed by atoms with Gasteiger partial charge in [-0.1, -0.05) is 13.8 Å². The van der Waals surface area contributed by atoms with Gasteiger partial charge in [-0.25, -0.2) is 18.6 Å². The van der Waals surface area contributed by atoms with Gasteiger partial charge in [0, 0.05) is 34.3 Å². The van der Waals surface area contributed by atoms with Crippen LogP contribution in [0.3, 0.4) is 0 Å². The molecule has 4 aromatic rings. The molecule has 7 nitrogen and oxygen atoms in total. The number of nitrogens with zero attached hydrogens (tertiary/aromatic N) is 3. The minimum atomic E-state index is -0.998. The van der Waals surface area contributed by atoms with Crippen LogP contribution < -0.4 is 0 Å². The second-order valence-electron chi connectivity index (χ2n) is 8.14. The Bertz CT molecular complexity index is 1330. The zero-order valence-corrected chi connectivity index (χ0v) is 16.9. The zero-order chi connectivity index (χ0) is 21.9. The number of ether oxygens (including phenoxy) is 1. The number of nitrogens with one attached hydrogen (secondary N) is 1. The first-order chi connectivity index (χ1) is 14.8. The van der Waals surface area contributed by atoms with Crippen LogP contribution >= 0.6 is 0 Å². The van der Waals surface area contributed by atoms with E-state index in [-0.39, 0.29) is 18.4 Å². The highest BCUT2D eigenvalue weighted by atomic mass is 19.2. The summed E-state index contributed by atoms with van der Waals surface area (Å²) in [7, 11) is 0. The number of H-pyrrole nitrogens is 1. The maximum Gasteiger partial charge on any atom is 0.332 e. The van der Waals surface area contributed by atoms with E-state index in [2.05, 4.69) is 10.2 Å². The van der Waals surface area contributed by atoms with Crippen LogP contribution in [-0.4, -0.2) is 43.5 Å². The third kappa shape index (κ3) is 3.07. The molecule has 1 aliphatic heterocycles. The summed E-state index contributed by atoms with van der Waals surface area (Å²) >= 11 is 0. The van der Waals surface area contributed by atoms with E-state index in [9.17, 15) is 18.7 Å². The van der Waals surface area contributed by atoms with Crippen LogP contribution in [-0.2, 0) is 9.53 Å². The van der Waals surface area contributed by atoms with Gasteiger partial charge in [0.2, 0.25) is 0 Å². The van der Waals surface area contributed by atoms with Crippen molar-refractivity contribution >= 4 is 28.0 Å². The Kier molecular flexibility index (Phi) is 4.51. The highest BCUT2D eigenvalue weighted by Crippen LogP contribution is 2.42. The molecule has 1 aliphatic rings. The first kappa shape index (κ1) is 19.6. The highest BCUT2D eigenvalue weighted by molar-refractivity contribution is 5.93. The van der Waals surface area contributed by atoms with E-state index in [4.69, 9.17) is 9.72 Å². The molecule has 0 radical (unpaired) electrons. The smallest absolute Gasteiger partial charge is 0.332 e. The van der Waals surface area contributed by atoms with Gasteiger partial charge in [-0.15, -0.1) is 0 Å². The van der Waals surface area contributed by atoms with Gasteiger partial charge in [0.25, 0.3) is 0 Å². The van der Waals surface area contributed by atoms with Crippen LogP contribution in [0.25, 0.3) is 27.8 Å². The largest absolute Gasteiger partial charge is 0.479 e. The fraction of sp³-hybridized carbons (Fsp3) is 0.318. The Morgan fingerprint density at radius 2 is 2.10 bits per heavy atom. The number of carboxylic acid groups (broad SMARTS) is 1. The molecule has 5 rings (SSSR count). The van der Waals surface area contributed by atoms with Crippen molar-refractivity contribution in [2.24, 2.45) is 0 Å². The average Bonchev–Trinajstić information content (AvgIpc) is 3.44. The van der Waals surface area contributed by atoms with E-state index in [1.165, 1.54) is 6.07 Å². The lowest BCUT2D eigenvalue weighted by Crippen LogP contribution is -2.18. The number of halogens is 2. The topological polar surface area (TPSA) is 93.0 Å². The Morgan fingerprint density at radius 3 is 2.77 bits per heavy atom. The number of carboxylic acids is 1. The summed E-state index contributed by atoms with van der Waals surface area (Å²) in [6.07, 6.45) is 1.08. The molecule has 1 aromatic carbocycles. The van der Waals surface area contributed by atoms with Crippen molar-refractivity contribution in [3.05, 3.63) is 53.4 Å². The minimum Gasteiger partial charge on any atom is -0.479 e. The minimum absolute atomic E-state index is 0.00217. The first-order valence-corrected chi connectivity index (χ1v) is 10.0. The second-order valence-corrected chi connectivity index (χ2v) is 8.14. The molecule has 2 atom stereocenters. The summed E-state index contributed by atoms with van der Waals surface area (Å²) in [6.45, 7) is 4.26. The monoisotopic (exact) mass is 426 g/mol. The summed E-state index contributed by atoms with van der Waals surface area (Å²) in [5.74, 6) is -3.06. The normalized spacial score (nSPS) is 19.1. The lowest BCUT2D eigenvalue weighted by atomic mass is 9.91. The molecule has 0 unspecified atom stereocenters. The van der Waals surface area contributed by atoms with E-state index >= 15 is 0 Å². The summed E-state index contributed by atoms with van der Waals surface area (Å²) in [5.41, 5.74) is 4.20. The van der Waals surface area contributed by atoms with E-state index in [1.807, 2.05) is 24.5 Å². The molecule has 0 saturated carbocycles. The molecule has 31 heavy (non-hydrogen) atoms. The number of aromatic amines is 1. The molecular weight excluding hydrogens is 406 g/mol. The molecule has 0 spiro atoms. The summed E-state index contributed by atoms with van der Waals surface area (Å²) < 4.78 is 35.2. The van der Waals surface area contributed by atoms with Crippen molar-refractivity contribution in [1.82, 2.24) is 19.7 Å². The van der Waals surface area contributed by atoms with Crippen LogP contribution in [0.1, 0.15) is 43.4 Å². The maximum atomic E-state index is 14.1. The summed E-state index contributed by atoms with van der Waals surface area (Å²) in [4.78, 5) is 16.2. The second kappa shape index (κ2) is 7.12. The number of pyridine rings is 1. The van der Waals surface area contributed by atoms with Crippen LogP contribution in [0, 0.1) is 11.6 Å². The Hall–Kier alpha value is -3.33. The third-order valence-electron chi connectivity index (χ3n) is 5.81.